The quantitative estimate of drug-likeness (QED) is 0.675. The van der Waals surface area contributed by atoms with Crippen molar-refractivity contribution in [1.29, 1.82) is 0 Å². The zero-order valence-corrected chi connectivity index (χ0v) is 18.4. The number of hydrogen-bond acceptors (Lipinski definition) is 3. The Labute approximate surface area is 180 Å². The predicted molar refractivity (Wildman–Crippen MR) is 119 cm³/mol. The van der Waals surface area contributed by atoms with Crippen molar-refractivity contribution in [2.45, 2.75) is 64.5 Å². The highest BCUT2D eigenvalue weighted by atomic mass is 16.5. The van der Waals surface area contributed by atoms with E-state index in [9.17, 15) is 9.59 Å². The van der Waals surface area contributed by atoms with Crippen LogP contribution in [-0.2, 0) is 14.9 Å². The molecule has 0 bridgehead atoms. The third kappa shape index (κ3) is 5.10. The molecule has 1 amide bonds. The molecule has 0 unspecified atom stereocenters. The normalized spacial score (nSPS) is 22.7. The molecule has 1 fully saturated rings. The van der Waals surface area contributed by atoms with Gasteiger partial charge in [0, 0.05) is 11.5 Å². The van der Waals surface area contributed by atoms with E-state index < -0.39 is 6.04 Å². The van der Waals surface area contributed by atoms with Crippen LogP contribution in [0.3, 0.4) is 0 Å². The largest absolute Gasteiger partial charge is 0.461 e. The molecule has 0 aliphatic heterocycles. The first-order valence-corrected chi connectivity index (χ1v) is 10.9. The molecule has 3 rings (SSSR count). The maximum absolute atomic E-state index is 12.9. The van der Waals surface area contributed by atoms with E-state index in [0.29, 0.717) is 11.5 Å². The molecule has 4 heteroatoms. The number of benzene rings is 2. The van der Waals surface area contributed by atoms with E-state index in [-0.39, 0.29) is 29.3 Å². The molecular formula is C26H33NO3. The number of carbonyl (C=O) groups excluding carboxylic acids is 2. The first-order chi connectivity index (χ1) is 14.3. The Morgan fingerprint density at radius 2 is 1.60 bits per heavy atom. The standard InChI is InChI=1S/C26H33NO3/c1-18-15-16-22(26(3,4)21-13-9-6-10-14-21)23(17-18)30-25(29)19(2)27-24(28)20-11-7-5-8-12-20/h5-14,18-19,22-23H,15-17H2,1-4H3,(H,27,28)/t18-,19-,22-,23-/m1/s1. The van der Waals surface area contributed by atoms with Crippen LogP contribution in [0.25, 0.3) is 0 Å². The first-order valence-electron chi connectivity index (χ1n) is 10.9. The summed E-state index contributed by atoms with van der Waals surface area (Å²) in [4.78, 5) is 25.3. The number of ether oxygens (including phenoxy) is 1. The van der Waals surface area contributed by atoms with Gasteiger partial charge in [-0.25, -0.2) is 4.79 Å². The summed E-state index contributed by atoms with van der Waals surface area (Å²) in [6, 6.07) is 18.7. The molecule has 160 valence electrons. The Balaban J connectivity index is 1.70. The lowest BCUT2D eigenvalue weighted by Crippen LogP contribution is -2.47. The second-order valence-corrected chi connectivity index (χ2v) is 9.15. The number of esters is 1. The monoisotopic (exact) mass is 407 g/mol. The van der Waals surface area contributed by atoms with Gasteiger partial charge < -0.3 is 10.1 Å². The minimum absolute atomic E-state index is 0.108. The van der Waals surface area contributed by atoms with Crippen LogP contribution in [-0.4, -0.2) is 24.0 Å². The summed E-state index contributed by atoms with van der Waals surface area (Å²) in [6.07, 6.45) is 2.85. The van der Waals surface area contributed by atoms with Gasteiger partial charge in [-0.15, -0.1) is 0 Å². The van der Waals surface area contributed by atoms with Crippen LogP contribution in [0.4, 0.5) is 0 Å². The van der Waals surface area contributed by atoms with Crippen LogP contribution in [0.5, 0.6) is 0 Å². The third-order valence-electron chi connectivity index (χ3n) is 6.50. The topological polar surface area (TPSA) is 55.4 Å². The number of nitrogens with one attached hydrogen (secondary N) is 1. The molecule has 1 N–H and O–H groups in total. The molecule has 1 saturated carbocycles. The molecule has 0 aromatic heterocycles. The summed E-state index contributed by atoms with van der Waals surface area (Å²) in [7, 11) is 0. The highest BCUT2D eigenvalue weighted by Gasteiger charge is 2.42. The minimum Gasteiger partial charge on any atom is -0.461 e. The van der Waals surface area contributed by atoms with Gasteiger partial charge in [0.2, 0.25) is 0 Å². The van der Waals surface area contributed by atoms with E-state index in [1.54, 1.807) is 31.2 Å². The lowest BCUT2D eigenvalue weighted by molar-refractivity contribution is -0.158. The number of hydrogen-bond donors (Lipinski definition) is 1. The maximum atomic E-state index is 12.9. The zero-order chi connectivity index (χ0) is 21.7. The van der Waals surface area contributed by atoms with Gasteiger partial charge in [0.25, 0.3) is 5.91 Å². The molecule has 2 aromatic carbocycles. The average molecular weight is 408 g/mol. The summed E-state index contributed by atoms with van der Waals surface area (Å²) in [5, 5.41) is 2.77. The second kappa shape index (κ2) is 9.46. The van der Waals surface area contributed by atoms with Gasteiger partial charge in [-0.3, -0.25) is 4.79 Å². The van der Waals surface area contributed by atoms with Gasteiger partial charge in [-0.05, 0) is 48.8 Å². The summed E-state index contributed by atoms with van der Waals surface area (Å²) in [5.41, 5.74) is 1.69. The van der Waals surface area contributed by atoms with E-state index in [2.05, 4.69) is 50.4 Å². The van der Waals surface area contributed by atoms with Crippen molar-refractivity contribution in [3.05, 3.63) is 71.8 Å². The van der Waals surface area contributed by atoms with Crippen LogP contribution in [0.15, 0.2) is 60.7 Å². The van der Waals surface area contributed by atoms with Crippen LogP contribution in [0, 0.1) is 11.8 Å². The number of rotatable bonds is 6. The highest BCUT2D eigenvalue weighted by Crippen LogP contribution is 2.43. The Kier molecular flexibility index (Phi) is 6.96. The van der Waals surface area contributed by atoms with Crippen molar-refractivity contribution in [3.63, 3.8) is 0 Å². The van der Waals surface area contributed by atoms with Crippen molar-refractivity contribution in [1.82, 2.24) is 5.32 Å². The Bertz CT molecular complexity index is 847. The number of carbonyl (C=O) groups is 2. The molecule has 4 atom stereocenters. The lowest BCUT2D eigenvalue weighted by atomic mass is 9.64. The molecule has 4 nitrogen and oxygen atoms in total. The summed E-state index contributed by atoms with van der Waals surface area (Å²) >= 11 is 0. The van der Waals surface area contributed by atoms with E-state index in [4.69, 9.17) is 4.74 Å². The van der Waals surface area contributed by atoms with Crippen molar-refractivity contribution >= 4 is 11.9 Å². The van der Waals surface area contributed by atoms with E-state index >= 15 is 0 Å². The summed E-state index contributed by atoms with van der Waals surface area (Å²) in [6.45, 7) is 8.38. The molecule has 0 saturated heterocycles. The van der Waals surface area contributed by atoms with Crippen LogP contribution >= 0.6 is 0 Å². The van der Waals surface area contributed by atoms with Crippen molar-refractivity contribution < 1.29 is 14.3 Å². The highest BCUT2D eigenvalue weighted by molar-refractivity contribution is 5.96. The number of amides is 1. The first kappa shape index (κ1) is 22.1. The van der Waals surface area contributed by atoms with Crippen LogP contribution < -0.4 is 5.32 Å². The molecule has 0 spiro atoms. The maximum Gasteiger partial charge on any atom is 0.328 e. The molecular weight excluding hydrogens is 374 g/mol. The van der Waals surface area contributed by atoms with Gasteiger partial charge in [0.1, 0.15) is 12.1 Å². The minimum atomic E-state index is -0.699. The molecule has 0 heterocycles. The van der Waals surface area contributed by atoms with E-state index in [0.717, 1.165) is 19.3 Å². The Morgan fingerprint density at radius 3 is 2.23 bits per heavy atom. The summed E-state index contributed by atoms with van der Waals surface area (Å²) < 4.78 is 6.03. The van der Waals surface area contributed by atoms with Gasteiger partial charge in [0.05, 0.1) is 0 Å². The Hall–Kier alpha value is -2.62. The summed E-state index contributed by atoms with van der Waals surface area (Å²) in [5.74, 6) is 0.113. The molecule has 1 aliphatic rings. The molecule has 0 radical (unpaired) electrons. The third-order valence-corrected chi connectivity index (χ3v) is 6.50. The smallest absolute Gasteiger partial charge is 0.328 e. The van der Waals surface area contributed by atoms with E-state index in [1.165, 1.54) is 5.56 Å². The fourth-order valence-corrected chi connectivity index (χ4v) is 4.55. The van der Waals surface area contributed by atoms with Crippen molar-refractivity contribution in [3.8, 4) is 0 Å². The van der Waals surface area contributed by atoms with Gasteiger partial charge >= 0.3 is 5.97 Å². The second-order valence-electron chi connectivity index (χ2n) is 9.15. The molecule has 30 heavy (non-hydrogen) atoms. The zero-order valence-electron chi connectivity index (χ0n) is 18.4. The molecule has 1 aliphatic carbocycles. The average Bonchev–Trinajstić information content (AvgIpc) is 2.74. The fraction of sp³-hybridized carbons (Fsp3) is 0.462. The fourth-order valence-electron chi connectivity index (χ4n) is 4.55. The van der Waals surface area contributed by atoms with Crippen molar-refractivity contribution in [2.24, 2.45) is 11.8 Å². The van der Waals surface area contributed by atoms with Crippen molar-refractivity contribution in [2.75, 3.05) is 0 Å². The van der Waals surface area contributed by atoms with E-state index in [1.807, 2.05) is 12.1 Å². The molecule has 2 aromatic rings. The van der Waals surface area contributed by atoms with Crippen LogP contribution in [0.1, 0.15) is 62.9 Å². The predicted octanol–water partition coefficient (Wildman–Crippen LogP) is 5.13. The van der Waals surface area contributed by atoms with Gasteiger partial charge in [-0.1, -0.05) is 75.7 Å². The van der Waals surface area contributed by atoms with Gasteiger partial charge in [-0.2, -0.15) is 0 Å². The van der Waals surface area contributed by atoms with Gasteiger partial charge in [0.15, 0.2) is 0 Å². The lowest BCUT2D eigenvalue weighted by Gasteiger charge is -2.44. The van der Waals surface area contributed by atoms with Crippen LogP contribution in [0.2, 0.25) is 0 Å². The Morgan fingerprint density at radius 1 is 1.00 bits per heavy atom. The SMILES string of the molecule is C[C@@H]1CC[C@@H](C(C)(C)c2ccccc2)[C@H](OC(=O)[C@@H](C)NC(=O)c2ccccc2)C1.